The number of ether oxygens (including phenoxy) is 2. The SMILES string of the molecule is CCCCCCCC/C=C/C/C=C/C/C=C/CCCC(=O)OC[C@@H](COP(=O)(O)OC[C@H](O)CO)OC(=O)CCCCCCCCCC. The Bertz CT molecular complexity index is 905. The van der Waals surface area contributed by atoms with Gasteiger partial charge in [-0.1, -0.05) is 127 Å². The topological polar surface area (TPSA) is 149 Å². The Morgan fingerprint density at radius 3 is 1.69 bits per heavy atom. The summed E-state index contributed by atoms with van der Waals surface area (Å²) in [6.07, 6.45) is 31.4. The fourth-order valence-electron chi connectivity index (χ4n) is 4.65. The zero-order chi connectivity index (χ0) is 35.6. The van der Waals surface area contributed by atoms with Crippen molar-refractivity contribution in [3.05, 3.63) is 36.5 Å². The molecule has 11 heteroatoms. The van der Waals surface area contributed by atoms with Crippen LogP contribution in [0.4, 0.5) is 0 Å². The van der Waals surface area contributed by atoms with Gasteiger partial charge in [-0.05, 0) is 44.9 Å². The number of esters is 2. The van der Waals surface area contributed by atoms with Crippen molar-refractivity contribution in [3.63, 3.8) is 0 Å². The molecule has 0 fully saturated rings. The van der Waals surface area contributed by atoms with Crippen LogP contribution in [0.2, 0.25) is 0 Å². The third kappa shape index (κ3) is 32.7. The van der Waals surface area contributed by atoms with Gasteiger partial charge in [0.25, 0.3) is 0 Å². The van der Waals surface area contributed by atoms with Crippen LogP contribution < -0.4 is 0 Å². The molecular formula is C37H67O10P. The lowest BCUT2D eigenvalue weighted by Crippen LogP contribution is -2.29. The summed E-state index contributed by atoms with van der Waals surface area (Å²) in [5.74, 6) is -0.993. The number of hydrogen-bond donors (Lipinski definition) is 3. The van der Waals surface area contributed by atoms with E-state index in [1.165, 1.54) is 64.2 Å². The molecule has 0 aliphatic rings. The molecule has 3 atom stereocenters. The summed E-state index contributed by atoms with van der Waals surface area (Å²) in [5, 5.41) is 18.2. The molecule has 0 aromatic carbocycles. The molecule has 0 heterocycles. The normalized spacial score (nSPS) is 14.5. The van der Waals surface area contributed by atoms with Crippen molar-refractivity contribution in [1.82, 2.24) is 0 Å². The lowest BCUT2D eigenvalue weighted by atomic mass is 10.1. The Kier molecular flexibility index (Phi) is 32.4. The predicted molar refractivity (Wildman–Crippen MR) is 191 cm³/mol. The smallest absolute Gasteiger partial charge is 0.462 e. The van der Waals surface area contributed by atoms with Crippen LogP contribution in [-0.4, -0.2) is 65.7 Å². The van der Waals surface area contributed by atoms with Crippen LogP contribution in [0.3, 0.4) is 0 Å². The first kappa shape index (κ1) is 46.2. The number of rotatable bonds is 34. The highest BCUT2D eigenvalue weighted by Crippen LogP contribution is 2.43. The number of carbonyl (C=O) groups is 2. The highest BCUT2D eigenvalue weighted by Gasteiger charge is 2.27. The molecule has 0 aromatic rings. The number of carbonyl (C=O) groups excluding carboxylic acids is 2. The van der Waals surface area contributed by atoms with Gasteiger partial charge in [-0.3, -0.25) is 18.6 Å². The Labute approximate surface area is 291 Å². The quantitative estimate of drug-likeness (QED) is 0.0257. The number of aliphatic hydroxyl groups is 2. The van der Waals surface area contributed by atoms with Crippen molar-refractivity contribution in [2.45, 2.75) is 161 Å². The Balaban J connectivity index is 4.41. The van der Waals surface area contributed by atoms with E-state index in [4.69, 9.17) is 19.1 Å². The first-order valence-corrected chi connectivity index (χ1v) is 19.9. The van der Waals surface area contributed by atoms with Crippen LogP contribution in [-0.2, 0) is 32.7 Å². The van der Waals surface area contributed by atoms with Gasteiger partial charge in [0.15, 0.2) is 6.10 Å². The molecule has 0 saturated heterocycles. The van der Waals surface area contributed by atoms with Gasteiger partial charge < -0.3 is 24.6 Å². The van der Waals surface area contributed by atoms with Crippen LogP contribution in [0.1, 0.15) is 149 Å². The molecule has 3 N–H and O–H groups in total. The molecule has 280 valence electrons. The van der Waals surface area contributed by atoms with E-state index in [1.807, 2.05) is 6.08 Å². The average molecular weight is 703 g/mol. The fourth-order valence-corrected chi connectivity index (χ4v) is 5.44. The highest BCUT2D eigenvalue weighted by atomic mass is 31.2. The zero-order valence-corrected chi connectivity index (χ0v) is 30.8. The van der Waals surface area contributed by atoms with E-state index in [-0.39, 0.29) is 19.4 Å². The van der Waals surface area contributed by atoms with Crippen LogP contribution in [0.15, 0.2) is 36.5 Å². The van der Waals surface area contributed by atoms with Gasteiger partial charge in [0, 0.05) is 12.8 Å². The Morgan fingerprint density at radius 1 is 0.625 bits per heavy atom. The van der Waals surface area contributed by atoms with Gasteiger partial charge in [0.2, 0.25) is 0 Å². The van der Waals surface area contributed by atoms with Crippen LogP contribution in [0.5, 0.6) is 0 Å². The maximum atomic E-state index is 12.4. The minimum Gasteiger partial charge on any atom is -0.462 e. The second kappa shape index (κ2) is 33.7. The summed E-state index contributed by atoms with van der Waals surface area (Å²) in [5.41, 5.74) is 0. The van der Waals surface area contributed by atoms with Gasteiger partial charge >= 0.3 is 19.8 Å². The molecule has 0 bridgehead atoms. The van der Waals surface area contributed by atoms with Crippen molar-refractivity contribution >= 4 is 19.8 Å². The summed E-state index contributed by atoms with van der Waals surface area (Å²) in [6, 6.07) is 0. The minimum atomic E-state index is -4.61. The third-order valence-corrected chi connectivity index (χ3v) is 8.50. The molecular weight excluding hydrogens is 635 g/mol. The zero-order valence-electron chi connectivity index (χ0n) is 29.9. The van der Waals surface area contributed by atoms with Gasteiger partial charge in [-0.25, -0.2) is 4.57 Å². The van der Waals surface area contributed by atoms with E-state index in [0.29, 0.717) is 19.3 Å². The Morgan fingerprint density at radius 2 is 1.10 bits per heavy atom. The minimum absolute atomic E-state index is 0.171. The van der Waals surface area contributed by atoms with Gasteiger partial charge in [-0.2, -0.15) is 0 Å². The van der Waals surface area contributed by atoms with Gasteiger partial charge in [0.1, 0.15) is 12.7 Å². The number of unbranched alkanes of at least 4 members (excludes halogenated alkanes) is 14. The van der Waals surface area contributed by atoms with Gasteiger partial charge in [-0.15, -0.1) is 0 Å². The van der Waals surface area contributed by atoms with Crippen molar-refractivity contribution in [3.8, 4) is 0 Å². The third-order valence-electron chi connectivity index (χ3n) is 7.55. The van der Waals surface area contributed by atoms with Crippen LogP contribution in [0.25, 0.3) is 0 Å². The second-order valence-electron chi connectivity index (χ2n) is 12.3. The summed E-state index contributed by atoms with van der Waals surface area (Å²) in [7, 11) is -4.61. The molecule has 0 aromatic heterocycles. The van der Waals surface area contributed by atoms with E-state index in [0.717, 1.165) is 38.5 Å². The van der Waals surface area contributed by atoms with Crippen molar-refractivity contribution < 1.29 is 47.8 Å². The first-order chi connectivity index (χ1) is 23.2. The fraction of sp³-hybridized carbons (Fsp3) is 0.784. The number of allylic oxidation sites excluding steroid dienone is 6. The molecule has 0 aliphatic carbocycles. The predicted octanol–water partition coefficient (Wildman–Crippen LogP) is 8.83. The molecule has 0 radical (unpaired) electrons. The van der Waals surface area contributed by atoms with Crippen molar-refractivity contribution in [2.24, 2.45) is 0 Å². The largest absolute Gasteiger partial charge is 0.472 e. The van der Waals surface area contributed by atoms with E-state index >= 15 is 0 Å². The monoisotopic (exact) mass is 702 g/mol. The Hall–Kier alpha value is -1.81. The molecule has 10 nitrogen and oxygen atoms in total. The number of aliphatic hydroxyl groups excluding tert-OH is 2. The van der Waals surface area contributed by atoms with Crippen LogP contribution >= 0.6 is 7.82 Å². The molecule has 1 unspecified atom stereocenters. The van der Waals surface area contributed by atoms with Gasteiger partial charge in [0.05, 0.1) is 19.8 Å². The summed E-state index contributed by atoms with van der Waals surface area (Å²) >= 11 is 0. The summed E-state index contributed by atoms with van der Waals surface area (Å²) < 4.78 is 32.4. The van der Waals surface area contributed by atoms with Crippen molar-refractivity contribution in [2.75, 3.05) is 26.4 Å². The molecule has 0 saturated carbocycles. The average Bonchev–Trinajstić information content (AvgIpc) is 3.07. The molecule has 0 rings (SSSR count). The number of phosphoric acid groups is 1. The maximum Gasteiger partial charge on any atom is 0.472 e. The van der Waals surface area contributed by atoms with E-state index < -0.39 is 51.8 Å². The molecule has 0 amide bonds. The first-order valence-electron chi connectivity index (χ1n) is 18.4. The molecule has 0 aliphatic heterocycles. The molecule has 48 heavy (non-hydrogen) atoms. The van der Waals surface area contributed by atoms with E-state index in [1.54, 1.807) is 0 Å². The lowest BCUT2D eigenvalue weighted by Gasteiger charge is -2.20. The number of phosphoric ester groups is 1. The lowest BCUT2D eigenvalue weighted by molar-refractivity contribution is -0.161. The summed E-state index contributed by atoms with van der Waals surface area (Å²) in [6.45, 7) is 2.25. The van der Waals surface area contributed by atoms with E-state index in [2.05, 4.69) is 48.8 Å². The van der Waals surface area contributed by atoms with Crippen LogP contribution in [0, 0.1) is 0 Å². The van der Waals surface area contributed by atoms with E-state index in [9.17, 15) is 24.2 Å². The number of hydrogen-bond acceptors (Lipinski definition) is 9. The highest BCUT2D eigenvalue weighted by molar-refractivity contribution is 7.47. The van der Waals surface area contributed by atoms with Crippen molar-refractivity contribution in [1.29, 1.82) is 0 Å². The standard InChI is InChI=1S/C37H67O10P/c1-3-5-7-9-11-13-14-15-16-17-18-19-20-21-23-24-26-28-36(40)44-32-35(33-46-48(42,43)45-31-34(39)30-38)47-37(41)29-27-25-22-12-10-8-6-4-2/h15-16,18-19,21,23,34-35,38-39H,3-14,17,20,22,24-33H2,1-2H3,(H,42,43)/b16-15+,19-18+,23-21+/t34-,35+/m1/s1. The summed E-state index contributed by atoms with van der Waals surface area (Å²) in [4.78, 5) is 34.6. The second-order valence-corrected chi connectivity index (χ2v) is 13.7. The molecule has 0 spiro atoms. The maximum absolute atomic E-state index is 12.4.